The number of benzene rings is 3. The normalized spacial score (nSPS) is 20.0. The average Bonchev–Trinajstić information content (AvgIpc) is 3.46. The van der Waals surface area contributed by atoms with Gasteiger partial charge in [0.25, 0.3) is 11.5 Å². The van der Waals surface area contributed by atoms with Crippen LogP contribution in [0.4, 0.5) is 31.1 Å². The Morgan fingerprint density at radius 3 is 2.33 bits per heavy atom. The third-order valence-corrected chi connectivity index (χ3v) is 8.14. The van der Waals surface area contributed by atoms with Crippen LogP contribution in [0.1, 0.15) is 55.4 Å². The highest BCUT2D eigenvalue weighted by Gasteiger charge is 2.75. The van der Waals surface area contributed by atoms with Crippen LogP contribution in [0, 0.1) is 0 Å². The summed E-state index contributed by atoms with van der Waals surface area (Å²) in [5, 5.41) is 4.59. The fourth-order valence-corrected chi connectivity index (χ4v) is 6.01. The predicted octanol–water partition coefficient (Wildman–Crippen LogP) is 7.27. The number of imide groups is 1. The molecular formula is C31H30F6N2O4. The van der Waals surface area contributed by atoms with Gasteiger partial charge in [0.05, 0.1) is 13.2 Å². The van der Waals surface area contributed by atoms with E-state index in [0.29, 0.717) is 24.8 Å². The summed E-state index contributed by atoms with van der Waals surface area (Å²) in [6, 6.07) is 14.5. The summed E-state index contributed by atoms with van der Waals surface area (Å²) in [6.07, 6.45) is -10.0. The van der Waals surface area contributed by atoms with E-state index in [9.17, 15) is 35.9 Å². The number of carbonyl (C=O) groups is 2. The number of fused-ring (bicyclic) bond motifs is 2. The number of unbranched alkanes of at least 4 members (excludes halogenated alkanes) is 1. The van der Waals surface area contributed by atoms with Crippen LogP contribution < -0.4 is 10.1 Å². The number of amides is 3. The first-order valence-corrected chi connectivity index (χ1v) is 13.9. The number of nitrogens with one attached hydrogen (secondary N) is 1. The highest BCUT2D eigenvalue weighted by atomic mass is 19.4. The molecule has 43 heavy (non-hydrogen) atoms. The highest BCUT2D eigenvalue weighted by Crippen LogP contribution is 2.58. The van der Waals surface area contributed by atoms with Crippen molar-refractivity contribution in [1.29, 1.82) is 0 Å². The molecule has 6 nitrogen and oxygen atoms in total. The molecule has 5 rings (SSSR count). The van der Waals surface area contributed by atoms with Gasteiger partial charge in [-0.05, 0) is 54.2 Å². The van der Waals surface area contributed by atoms with Crippen LogP contribution in [0.15, 0.2) is 54.6 Å². The SMILES string of the molecule is CCCc1c(OCCCCN2C(=O)NC(C)(c3cccc4ccccc34)C2=O)ccc2c1COC2(C(F)(F)F)C(F)(F)F. The van der Waals surface area contributed by atoms with E-state index < -0.39 is 47.6 Å². The number of urea groups is 1. The van der Waals surface area contributed by atoms with Gasteiger partial charge in [0, 0.05) is 17.7 Å². The van der Waals surface area contributed by atoms with Gasteiger partial charge in [-0.1, -0.05) is 61.9 Å². The molecule has 0 aromatic heterocycles. The molecule has 3 aromatic carbocycles. The zero-order valence-electron chi connectivity index (χ0n) is 23.5. The molecular weight excluding hydrogens is 578 g/mol. The van der Waals surface area contributed by atoms with Crippen molar-refractivity contribution in [2.45, 2.75) is 69.6 Å². The number of ether oxygens (including phenoxy) is 2. The van der Waals surface area contributed by atoms with Crippen LogP contribution in [0.3, 0.4) is 0 Å². The lowest BCUT2D eigenvalue weighted by atomic mass is 9.87. The maximum Gasteiger partial charge on any atom is 0.430 e. The molecule has 2 heterocycles. The maximum absolute atomic E-state index is 13.8. The Hall–Kier alpha value is -3.80. The van der Waals surface area contributed by atoms with Gasteiger partial charge in [-0.2, -0.15) is 26.3 Å². The smallest absolute Gasteiger partial charge is 0.430 e. The lowest BCUT2D eigenvalue weighted by Crippen LogP contribution is -2.53. The average molecular weight is 609 g/mol. The van der Waals surface area contributed by atoms with Crippen LogP contribution in [0.25, 0.3) is 10.8 Å². The van der Waals surface area contributed by atoms with Gasteiger partial charge >= 0.3 is 18.4 Å². The molecule has 3 aromatic rings. The van der Waals surface area contributed by atoms with Crippen LogP contribution in [-0.4, -0.2) is 42.3 Å². The second-order valence-electron chi connectivity index (χ2n) is 10.9. The predicted molar refractivity (Wildman–Crippen MR) is 145 cm³/mol. The van der Waals surface area contributed by atoms with Crippen LogP contribution in [0.5, 0.6) is 5.75 Å². The fraction of sp³-hybridized carbons (Fsp3) is 0.419. The van der Waals surface area contributed by atoms with E-state index in [4.69, 9.17) is 4.74 Å². The molecule has 2 aliphatic heterocycles. The molecule has 0 radical (unpaired) electrons. The van der Waals surface area contributed by atoms with Crippen LogP contribution in [-0.2, 0) is 33.7 Å². The second kappa shape index (κ2) is 11.0. The molecule has 0 aliphatic carbocycles. The van der Waals surface area contributed by atoms with Crippen molar-refractivity contribution in [1.82, 2.24) is 10.2 Å². The zero-order chi connectivity index (χ0) is 31.2. The van der Waals surface area contributed by atoms with E-state index in [1.165, 1.54) is 0 Å². The number of hydrogen-bond donors (Lipinski definition) is 1. The minimum absolute atomic E-state index is 0.0737. The Kier molecular flexibility index (Phi) is 7.87. The Morgan fingerprint density at radius 1 is 0.930 bits per heavy atom. The summed E-state index contributed by atoms with van der Waals surface area (Å²) in [5.41, 5.74) is -5.84. The Balaban J connectivity index is 1.26. The van der Waals surface area contributed by atoms with Gasteiger partial charge in [-0.25, -0.2) is 4.79 Å². The molecule has 1 atom stereocenters. The van der Waals surface area contributed by atoms with Crippen LogP contribution >= 0.6 is 0 Å². The molecule has 0 spiro atoms. The zero-order valence-corrected chi connectivity index (χ0v) is 23.5. The molecule has 0 saturated carbocycles. The Morgan fingerprint density at radius 2 is 1.63 bits per heavy atom. The summed E-state index contributed by atoms with van der Waals surface area (Å²) in [5.74, 6) is -0.209. The van der Waals surface area contributed by atoms with Crippen molar-refractivity contribution >= 4 is 22.7 Å². The van der Waals surface area contributed by atoms with Gasteiger partial charge in [-0.3, -0.25) is 9.69 Å². The van der Waals surface area contributed by atoms with Crippen molar-refractivity contribution in [2.75, 3.05) is 13.2 Å². The number of carbonyl (C=O) groups excluding carboxylic acids is 2. The lowest BCUT2D eigenvalue weighted by Gasteiger charge is -2.33. The summed E-state index contributed by atoms with van der Waals surface area (Å²) in [6.45, 7) is 2.75. The van der Waals surface area contributed by atoms with Crippen molar-refractivity contribution in [3.8, 4) is 5.75 Å². The van der Waals surface area contributed by atoms with E-state index in [0.717, 1.165) is 27.8 Å². The topological polar surface area (TPSA) is 67.9 Å². The number of halogens is 6. The Bertz CT molecular complexity index is 1530. The quantitative estimate of drug-likeness (QED) is 0.158. The first kappa shape index (κ1) is 30.7. The lowest BCUT2D eigenvalue weighted by molar-refractivity contribution is -0.385. The van der Waals surface area contributed by atoms with Crippen molar-refractivity contribution in [2.24, 2.45) is 0 Å². The number of alkyl halides is 6. The minimum atomic E-state index is -5.70. The van der Waals surface area contributed by atoms with Gasteiger partial charge in [0.15, 0.2) is 0 Å². The largest absolute Gasteiger partial charge is 0.493 e. The molecule has 0 bridgehead atoms. The first-order valence-electron chi connectivity index (χ1n) is 13.9. The molecule has 1 unspecified atom stereocenters. The molecule has 230 valence electrons. The van der Waals surface area contributed by atoms with Gasteiger partial charge < -0.3 is 14.8 Å². The third kappa shape index (κ3) is 4.99. The van der Waals surface area contributed by atoms with E-state index in [1.54, 1.807) is 19.9 Å². The second-order valence-corrected chi connectivity index (χ2v) is 10.9. The first-order chi connectivity index (χ1) is 20.3. The monoisotopic (exact) mass is 608 g/mol. The number of hydrogen-bond acceptors (Lipinski definition) is 4. The van der Waals surface area contributed by atoms with Crippen LogP contribution in [0.2, 0.25) is 0 Å². The van der Waals surface area contributed by atoms with Gasteiger partial charge in [0.1, 0.15) is 11.3 Å². The van der Waals surface area contributed by atoms with Gasteiger partial charge in [-0.15, -0.1) is 0 Å². The minimum Gasteiger partial charge on any atom is -0.493 e. The van der Waals surface area contributed by atoms with E-state index in [2.05, 4.69) is 10.1 Å². The summed E-state index contributed by atoms with van der Waals surface area (Å²) >= 11 is 0. The molecule has 1 N–H and O–H groups in total. The van der Waals surface area contributed by atoms with Crippen molar-refractivity contribution in [3.63, 3.8) is 0 Å². The van der Waals surface area contributed by atoms with Gasteiger partial charge in [0.2, 0.25) is 0 Å². The van der Waals surface area contributed by atoms with E-state index in [-0.39, 0.29) is 36.4 Å². The molecule has 12 heteroatoms. The highest BCUT2D eigenvalue weighted by molar-refractivity contribution is 6.09. The van der Waals surface area contributed by atoms with E-state index in [1.807, 2.05) is 36.4 Å². The maximum atomic E-state index is 13.8. The number of nitrogens with zero attached hydrogens (tertiary/aromatic N) is 1. The third-order valence-electron chi connectivity index (χ3n) is 8.14. The van der Waals surface area contributed by atoms with Crippen molar-refractivity contribution in [3.05, 3.63) is 76.9 Å². The molecule has 1 saturated heterocycles. The Labute approximate surface area is 243 Å². The molecule has 3 amide bonds. The number of rotatable bonds is 9. The fourth-order valence-electron chi connectivity index (χ4n) is 6.01. The summed E-state index contributed by atoms with van der Waals surface area (Å²) in [7, 11) is 0. The summed E-state index contributed by atoms with van der Waals surface area (Å²) < 4.78 is 92.9. The summed E-state index contributed by atoms with van der Waals surface area (Å²) in [4.78, 5) is 27.4. The van der Waals surface area contributed by atoms with Crippen molar-refractivity contribution < 1.29 is 45.4 Å². The standard InChI is InChI=1S/C31H30F6N2O4/c1-3-9-21-22-18-43-29(30(32,33)34,31(35,36)37)24(22)14-15-25(21)42-17-7-6-16-39-26(40)28(2,38-27(39)41)23-13-8-11-19-10-4-5-12-20(19)23/h4-5,8,10-15H,3,6-7,9,16-18H2,1-2H3,(H,38,41). The van der Waals surface area contributed by atoms with E-state index >= 15 is 0 Å². The molecule has 2 aliphatic rings. The molecule has 1 fully saturated rings.